The lowest BCUT2D eigenvalue weighted by Gasteiger charge is -2.21. The average molecular weight is 382 g/mol. The molecule has 0 fully saturated rings. The third kappa shape index (κ3) is 4.41. The molecule has 0 saturated carbocycles. The second-order valence-electron chi connectivity index (χ2n) is 5.19. The predicted octanol–water partition coefficient (Wildman–Crippen LogP) is 5.20. The van der Waals surface area contributed by atoms with Crippen molar-refractivity contribution >= 4 is 46.5 Å². The maximum Gasteiger partial charge on any atom is 0.312 e. The van der Waals surface area contributed by atoms with Crippen molar-refractivity contribution in [3.05, 3.63) is 56.1 Å². The van der Waals surface area contributed by atoms with Gasteiger partial charge in [-0.25, -0.2) is 0 Å². The van der Waals surface area contributed by atoms with Crippen LogP contribution in [0.2, 0.25) is 10.0 Å². The first kappa shape index (κ1) is 19.0. The molecule has 0 heterocycles. The lowest BCUT2D eigenvalue weighted by molar-refractivity contribution is -0.385. The normalized spacial score (nSPS) is 11.0. The summed E-state index contributed by atoms with van der Waals surface area (Å²) in [6.07, 6.45) is 1.30. The van der Waals surface area contributed by atoms with E-state index in [1.54, 1.807) is 6.07 Å². The number of benzene rings is 2. The van der Waals surface area contributed by atoms with E-state index < -0.39 is 16.4 Å². The molecular formula is C17H17Cl2N3O3. The van der Waals surface area contributed by atoms with Gasteiger partial charge in [0.2, 0.25) is 5.75 Å². The first-order chi connectivity index (χ1) is 11.9. The molecule has 0 aromatic heterocycles. The Kier molecular flexibility index (Phi) is 6.22. The van der Waals surface area contributed by atoms with Gasteiger partial charge in [0.1, 0.15) is 0 Å². The van der Waals surface area contributed by atoms with Crippen LogP contribution >= 0.6 is 23.2 Å². The Balaban J connectivity index is 2.36. The molecule has 0 aliphatic heterocycles. The molecule has 2 aromatic carbocycles. The summed E-state index contributed by atoms with van der Waals surface area (Å²) in [5.41, 5.74) is 1.13. The molecule has 0 radical (unpaired) electrons. The fourth-order valence-corrected chi connectivity index (χ4v) is 2.81. The molecule has 0 amide bonds. The Hall–Kier alpha value is -2.31. The van der Waals surface area contributed by atoms with Crippen LogP contribution in [0.5, 0.6) is 5.75 Å². The maximum atomic E-state index is 10.9. The second kappa shape index (κ2) is 8.18. The zero-order valence-corrected chi connectivity index (χ0v) is 15.3. The van der Waals surface area contributed by atoms with Crippen molar-refractivity contribution in [1.29, 1.82) is 0 Å². The summed E-state index contributed by atoms with van der Waals surface area (Å²) < 4.78 is 0. The van der Waals surface area contributed by atoms with Gasteiger partial charge in [0.15, 0.2) is 0 Å². The Morgan fingerprint density at radius 3 is 2.48 bits per heavy atom. The van der Waals surface area contributed by atoms with E-state index >= 15 is 0 Å². The topological polar surface area (TPSA) is 79.0 Å². The van der Waals surface area contributed by atoms with E-state index in [4.69, 9.17) is 23.2 Å². The van der Waals surface area contributed by atoms with Gasteiger partial charge >= 0.3 is 5.69 Å². The van der Waals surface area contributed by atoms with Crippen molar-refractivity contribution in [3.63, 3.8) is 0 Å². The molecule has 0 unspecified atom stereocenters. The van der Waals surface area contributed by atoms with Gasteiger partial charge in [0.25, 0.3) is 0 Å². The average Bonchev–Trinajstić information content (AvgIpc) is 2.57. The number of nitro groups is 1. The number of nitro benzene ring substituents is 1. The Morgan fingerprint density at radius 2 is 1.92 bits per heavy atom. The van der Waals surface area contributed by atoms with E-state index in [9.17, 15) is 15.2 Å². The Bertz CT molecular complexity index is 821. The number of hydrogen-bond donors (Lipinski definition) is 1. The molecule has 132 valence electrons. The number of phenols is 1. The van der Waals surface area contributed by atoms with Crippen LogP contribution in [0.4, 0.5) is 17.1 Å². The molecule has 0 aliphatic carbocycles. The standard InChI is InChI=1S/C17H17Cl2N3O3/c1-3-21(4-2)13-5-6-15(14(19)9-13)20-10-11-7-12(18)8-16(17(11)23)22(24)25/h5-10,23H,3-4H2,1-2H3. The lowest BCUT2D eigenvalue weighted by atomic mass is 10.2. The van der Waals surface area contributed by atoms with Gasteiger partial charge in [-0.05, 0) is 38.1 Å². The van der Waals surface area contributed by atoms with Crippen LogP contribution < -0.4 is 4.90 Å². The summed E-state index contributed by atoms with van der Waals surface area (Å²) in [6.45, 7) is 5.82. The number of nitrogens with zero attached hydrogens (tertiary/aromatic N) is 3. The van der Waals surface area contributed by atoms with E-state index in [0.29, 0.717) is 10.7 Å². The zero-order chi connectivity index (χ0) is 18.6. The molecule has 1 N–H and O–H groups in total. The third-order valence-electron chi connectivity index (χ3n) is 3.68. The first-order valence-corrected chi connectivity index (χ1v) is 8.38. The van der Waals surface area contributed by atoms with Crippen LogP contribution in [-0.2, 0) is 0 Å². The summed E-state index contributed by atoms with van der Waals surface area (Å²) >= 11 is 12.1. The highest BCUT2D eigenvalue weighted by molar-refractivity contribution is 6.33. The highest BCUT2D eigenvalue weighted by Gasteiger charge is 2.17. The van der Waals surface area contributed by atoms with Crippen molar-refractivity contribution in [2.75, 3.05) is 18.0 Å². The largest absolute Gasteiger partial charge is 0.502 e. The minimum Gasteiger partial charge on any atom is -0.502 e. The first-order valence-electron chi connectivity index (χ1n) is 7.62. The van der Waals surface area contributed by atoms with Gasteiger partial charge in [-0.2, -0.15) is 0 Å². The number of halogens is 2. The SMILES string of the molecule is CCN(CC)c1ccc(N=Cc2cc(Cl)cc([N+](=O)[O-])c2O)c(Cl)c1. The van der Waals surface area contributed by atoms with E-state index in [2.05, 4.69) is 23.7 Å². The fourth-order valence-electron chi connectivity index (χ4n) is 2.37. The highest BCUT2D eigenvalue weighted by atomic mass is 35.5. The number of anilines is 1. The second-order valence-corrected chi connectivity index (χ2v) is 6.03. The van der Waals surface area contributed by atoms with Crippen molar-refractivity contribution in [2.45, 2.75) is 13.8 Å². The Labute approximate surface area is 155 Å². The van der Waals surface area contributed by atoms with Crippen LogP contribution in [0.1, 0.15) is 19.4 Å². The molecule has 2 aromatic rings. The fraction of sp³-hybridized carbons (Fsp3) is 0.235. The zero-order valence-electron chi connectivity index (χ0n) is 13.7. The summed E-state index contributed by atoms with van der Waals surface area (Å²) in [6, 6.07) is 7.93. The number of phenolic OH excluding ortho intramolecular Hbond substituents is 1. The monoisotopic (exact) mass is 381 g/mol. The number of hydrogen-bond acceptors (Lipinski definition) is 5. The highest BCUT2D eigenvalue weighted by Crippen LogP contribution is 2.34. The Morgan fingerprint density at radius 1 is 1.24 bits per heavy atom. The number of aliphatic imine (C=N–C) groups is 1. The van der Waals surface area contributed by atoms with Gasteiger partial charge in [-0.1, -0.05) is 23.2 Å². The summed E-state index contributed by atoms with van der Waals surface area (Å²) in [5.74, 6) is -0.492. The minimum atomic E-state index is -0.704. The summed E-state index contributed by atoms with van der Waals surface area (Å²) in [4.78, 5) is 16.6. The minimum absolute atomic E-state index is 0.133. The summed E-state index contributed by atoms with van der Waals surface area (Å²) in [7, 11) is 0. The number of aromatic hydroxyl groups is 1. The van der Waals surface area contributed by atoms with E-state index in [1.807, 2.05) is 12.1 Å². The van der Waals surface area contributed by atoms with Crippen LogP contribution in [0.3, 0.4) is 0 Å². The van der Waals surface area contributed by atoms with Crippen molar-refractivity contribution < 1.29 is 10.0 Å². The van der Waals surface area contributed by atoms with Gasteiger partial charge < -0.3 is 10.0 Å². The molecule has 2 rings (SSSR count). The van der Waals surface area contributed by atoms with Crippen LogP contribution in [0.15, 0.2) is 35.3 Å². The van der Waals surface area contributed by atoms with Crippen molar-refractivity contribution in [2.24, 2.45) is 4.99 Å². The smallest absolute Gasteiger partial charge is 0.312 e. The molecule has 0 bridgehead atoms. The molecule has 0 aliphatic rings. The predicted molar refractivity (Wildman–Crippen MR) is 102 cm³/mol. The molecule has 0 spiro atoms. The van der Waals surface area contributed by atoms with Gasteiger partial charge in [0, 0.05) is 41.6 Å². The molecule has 6 nitrogen and oxygen atoms in total. The van der Waals surface area contributed by atoms with Gasteiger partial charge in [-0.15, -0.1) is 0 Å². The maximum absolute atomic E-state index is 10.9. The van der Waals surface area contributed by atoms with E-state index in [-0.39, 0.29) is 10.6 Å². The third-order valence-corrected chi connectivity index (χ3v) is 4.20. The van der Waals surface area contributed by atoms with Crippen LogP contribution in [0.25, 0.3) is 0 Å². The molecule has 0 atom stereocenters. The molecule has 25 heavy (non-hydrogen) atoms. The molecule has 0 saturated heterocycles. The van der Waals surface area contributed by atoms with E-state index in [0.717, 1.165) is 24.8 Å². The molecular weight excluding hydrogens is 365 g/mol. The van der Waals surface area contributed by atoms with Gasteiger partial charge in [0.05, 0.1) is 15.6 Å². The quantitative estimate of drug-likeness (QED) is 0.423. The van der Waals surface area contributed by atoms with Crippen LogP contribution in [0, 0.1) is 10.1 Å². The van der Waals surface area contributed by atoms with Gasteiger partial charge in [-0.3, -0.25) is 15.1 Å². The lowest BCUT2D eigenvalue weighted by Crippen LogP contribution is -2.21. The molecule has 8 heteroatoms. The van der Waals surface area contributed by atoms with Crippen molar-refractivity contribution in [1.82, 2.24) is 0 Å². The summed E-state index contributed by atoms with van der Waals surface area (Å²) in [5, 5.41) is 21.5. The number of rotatable bonds is 6. The van der Waals surface area contributed by atoms with Crippen molar-refractivity contribution in [3.8, 4) is 5.75 Å². The van der Waals surface area contributed by atoms with E-state index in [1.165, 1.54) is 12.3 Å². The van der Waals surface area contributed by atoms with Crippen LogP contribution in [-0.4, -0.2) is 29.3 Å².